The molecule has 1 unspecified atom stereocenters. The lowest BCUT2D eigenvalue weighted by atomic mass is 9.91. The summed E-state index contributed by atoms with van der Waals surface area (Å²) in [7, 11) is 0. The number of rotatable bonds is 6. The van der Waals surface area contributed by atoms with E-state index in [-0.39, 0.29) is 24.6 Å². The van der Waals surface area contributed by atoms with E-state index in [0.717, 1.165) is 19.0 Å². The standard InChI is InChI=1S/C18H24F2N4O4/c1-13(25)28-12-18(11-15(26)22-7-2-3-8-22)6-4-9-23(18)16(27)14-5-10-24(21-14)17(19)20/h5,10,17H,2-4,6-9,11-12H2,1H3. The van der Waals surface area contributed by atoms with Gasteiger partial charge in [0.1, 0.15) is 6.61 Å². The second-order valence-corrected chi connectivity index (χ2v) is 7.29. The van der Waals surface area contributed by atoms with Gasteiger partial charge in [0.05, 0.1) is 12.0 Å². The number of ether oxygens (including phenoxy) is 1. The van der Waals surface area contributed by atoms with Crippen LogP contribution in [0.4, 0.5) is 8.78 Å². The fourth-order valence-electron chi connectivity index (χ4n) is 3.94. The third-order valence-corrected chi connectivity index (χ3v) is 5.35. The first kappa shape index (κ1) is 20.2. The van der Waals surface area contributed by atoms with Crippen LogP contribution in [-0.4, -0.2) is 69.1 Å². The Bertz CT molecular complexity index is 748. The van der Waals surface area contributed by atoms with Gasteiger partial charge in [-0.15, -0.1) is 0 Å². The Morgan fingerprint density at radius 2 is 1.93 bits per heavy atom. The minimum atomic E-state index is -2.84. The van der Waals surface area contributed by atoms with E-state index in [2.05, 4.69) is 5.10 Å². The van der Waals surface area contributed by atoms with Crippen LogP contribution in [0.25, 0.3) is 0 Å². The van der Waals surface area contributed by atoms with Crippen LogP contribution in [0.5, 0.6) is 0 Å². The maximum Gasteiger partial charge on any atom is 0.333 e. The molecule has 2 aliphatic heterocycles. The summed E-state index contributed by atoms with van der Waals surface area (Å²) in [4.78, 5) is 40.4. The molecule has 0 aliphatic carbocycles. The van der Waals surface area contributed by atoms with Crippen molar-refractivity contribution < 1.29 is 27.9 Å². The number of hydrogen-bond acceptors (Lipinski definition) is 5. The third kappa shape index (κ3) is 4.15. The van der Waals surface area contributed by atoms with Gasteiger partial charge >= 0.3 is 12.5 Å². The lowest BCUT2D eigenvalue weighted by Crippen LogP contribution is -2.53. The van der Waals surface area contributed by atoms with Gasteiger partial charge in [-0.3, -0.25) is 14.4 Å². The normalized spacial score (nSPS) is 22.1. The first-order chi connectivity index (χ1) is 13.3. The number of carbonyl (C=O) groups excluding carboxylic acids is 3. The van der Waals surface area contributed by atoms with E-state index in [1.165, 1.54) is 17.9 Å². The van der Waals surface area contributed by atoms with Gasteiger partial charge in [-0.2, -0.15) is 13.9 Å². The molecule has 2 amide bonds. The second-order valence-electron chi connectivity index (χ2n) is 7.29. The Hall–Kier alpha value is -2.52. The van der Waals surface area contributed by atoms with Crippen LogP contribution >= 0.6 is 0 Å². The zero-order chi connectivity index (χ0) is 20.3. The highest BCUT2D eigenvalue weighted by Crippen LogP contribution is 2.35. The number of nitrogens with zero attached hydrogens (tertiary/aromatic N) is 4. The van der Waals surface area contributed by atoms with E-state index in [4.69, 9.17) is 4.74 Å². The van der Waals surface area contributed by atoms with Gasteiger partial charge < -0.3 is 14.5 Å². The van der Waals surface area contributed by atoms with Gasteiger partial charge in [-0.05, 0) is 31.7 Å². The molecule has 1 aromatic rings. The first-order valence-corrected chi connectivity index (χ1v) is 9.39. The van der Waals surface area contributed by atoms with Crippen molar-refractivity contribution >= 4 is 17.8 Å². The highest BCUT2D eigenvalue weighted by molar-refractivity contribution is 5.93. The summed E-state index contributed by atoms with van der Waals surface area (Å²) in [5.41, 5.74) is -1.11. The molecule has 8 nitrogen and oxygen atoms in total. The Balaban J connectivity index is 1.84. The predicted molar refractivity (Wildman–Crippen MR) is 93.5 cm³/mol. The summed E-state index contributed by atoms with van der Waals surface area (Å²) in [5, 5.41) is 3.64. The molecule has 0 N–H and O–H groups in total. The van der Waals surface area contributed by atoms with Crippen molar-refractivity contribution in [3.63, 3.8) is 0 Å². The number of carbonyl (C=O) groups is 3. The van der Waals surface area contributed by atoms with Crippen molar-refractivity contribution in [1.82, 2.24) is 19.6 Å². The minimum absolute atomic E-state index is 0.0293. The first-order valence-electron chi connectivity index (χ1n) is 9.39. The van der Waals surface area contributed by atoms with E-state index in [0.29, 0.717) is 37.2 Å². The van der Waals surface area contributed by atoms with Gasteiger partial charge in [0.2, 0.25) is 5.91 Å². The van der Waals surface area contributed by atoms with Gasteiger partial charge in [0.15, 0.2) is 5.69 Å². The van der Waals surface area contributed by atoms with Crippen LogP contribution in [0.1, 0.15) is 56.1 Å². The molecule has 1 atom stereocenters. The Labute approximate surface area is 161 Å². The third-order valence-electron chi connectivity index (χ3n) is 5.35. The van der Waals surface area contributed by atoms with Gasteiger partial charge in [-0.25, -0.2) is 4.68 Å². The fraction of sp³-hybridized carbons (Fsp3) is 0.667. The van der Waals surface area contributed by atoms with Crippen molar-refractivity contribution in [3.8, 4) is 0 Å². The number of hydrogen-bond donors (Lipinski definition) is 0. The highest BCUT2D eigenvalue weighted by Gasteiger charge is 2.47. The van der Waals surface area contributed by atoms with Gasteiger partial charge in [0.25, 0.3) is 5.91 Å². The SMILES string of the molecule is CC(=O)OCC1(CC(=O)N2CCCC2)CCCN1C(=O)c1ccn(C(F)F)n1. The summed E-state index contributed by atoms with van der Waals surface area (Å²) in [6.45, 7) is 0.00642. The monoisotopic (exact) mass is 398 g/mol. The molecule has 3 heterocycles. The van der Waals surface area contributed by atoms with E-state index in [1.54, 1.807) is 4.90 Å². The largest absolute Gasteiger partial charge is 0.463 e. The molecule has 154 valence electrons. The summed E-state index contributed by atoms with van der Waals surface area (Å²) >= 11 is 0. The maximum absolute atomic E-state index is 13.0. The van der Waals surface area contributed by atoms with Gasteiger partial charge in [-0.1, -0.05) is 0 Å². The molecule has 0 aromatic carbocycles. The average Bonchev–Trinajstić information content (AvgIpc) is 3.39. The van der Waals surface area contributed by atoms with E-state index >= 15 is 0 Å². The molecule has 10 heteroatoms. The molecule has 0 spiro atoms. The topological polar surface area (TPSA) is 84.7 Å². The average molecular weight is 398 g/mol. The van der Waals surface area contributed by atoms with Crippen molar-refractivity contribution in [2.75, 3.05) is 26.2 Å². The van der Waals surface area contributed by atoms with Crippen molar-refractivity contribution in [2.45, 2.75) is 51.1 Å². The van der Waals surface area contributed by atoms with E-state index in [1.807, 2.05) is 0 Å². The number of likely N-dealkylation sites (tertiary alicyclic amines) is 2. The molecular formula is C18H24F2N4O4. The van der Waals surface area contributed by atoms with Crippen LogP contribution < -0.4 is 0 Å². The fourth-order valence-corrected chi connectivity index (χ4v) is 3.94. The minimum Gasteiger partial charge on any atom is -0.463 e. The number of alkyl halides is 2. The zero-order valence-electron chi connectivity index (χ0n) is 15.8. The van der Waals surface area contributed by atoms with E-state index in [9.17, 15) is 23.2 Å². The number of esters is 1. The Morgan fingerprint density at radius 3 is 2.54 bits per heavy atom. The Morgan fingerprint density at radius 1 is 1.21 bits per heavy atom. The number of halogens is 2. The lowest BCUT2D eigenvalue weighted by Gasteiger charge is -2.38. The smallest absolute Gasteiger partial charge is 0.333 e. The highest BCUT2D eigenvalue weighted by atomic mass is 19.3. The van der Waals surface area contributed by atoms with Gasteiger partial charge in [0, 0.05) is 32.8 Å². The molecule has 0 radical (unpaired) electrons. The van der Waals surface area contributed by atoms with Crippen LogP contribution in [0, 0.1) is 0 Å². The predicted octanol–water partition coefficient (Wildman–Crippen LogP) is 1.83. The van der Waals surface area contributed by atoms with E-state index < -0.39 is 24.0 Å². The summed E-state index contributed by atoms with van der Waals surface area (Å²) in [6.07, 6.45) is 4.06. The molecule has 0 bridgehead atoms. The second kappa shape index (κ2) is 8.24. The number of aromatic nitrogens is 2. The van der Waals surface area contributed by atoms with Crippen LogP contribution in [0.2, 0.25) is 0 Å². The quantitative estimate of drug-likeness (QED) is 0.683. The van der Waals surface area contributed by atoms with Crippen molar-refractivity contribution in [1.29, 1.82) is 0 Å². The maximum atomic E-state index is 13.0. The molecule has 0 saturated carbocycles. The summed E-state index contributed by atoms with van der Waals surface area (Å²) in [6, 6.07) is 1.23. The summed E-state index contributed by atoms with van der Waals surface area (Å²) in [5.74, 6) is -1.14. The summed E-state index contributed by atoms with van der Waals surface area (Å²) < 4.78 is 31.2. The lowest BCUT2D eigenvalue weighted by molar-refractivity contribution is -0.147. The molecule has 1 aromatic heterocycles. The molecule has 2 aliphatic rings. The number of amides is 2. The van der Waals surface area contributed by atoms with Crippen LogP contribution in [0.15, 0.2) is 12.3 Å². The molecule has 2 fully saturated rings. The van der Waals surface area contributed by atoms with Crippen molar-refractivity contribution in [2.24, 2.45) is 0 Å². The molecular weight excluding hydrogens is 374 g/mol. The Kier molecular flexibility index (Phi) is 5.95. The van der Waals surface area contributed by atoms with Crippen LogP contribution in [-0.2, 0) is 14.3 Å². The van der Waals surface area contributed by atoms with Crippen LogP contribution in [0.3, 0.4) is 0 Å². The molecule has 2 saturated heterocycles. The zero-order valence-corrected chi connectivity index (χ0v) is 15.8. The molecule has 3 rings (SSSR count). The van der Waals surface area contributed by atoms with Crippen molar-refractivity contribution in [3.05, 3.63) is 18.0 Å². The molecule has 28 heavy (non-hydrogen) atoms.